The molecule has 0 heterocycles. The van der Waals surface area contributed by atoms with E-state index in [0.29, 0.717) is 6.61 Å². The Balaban J connectivity index is 0. The third kappa shape index (κ3) is 20.1. The van der Waals surface area contributed by atoms with Crippen molar-refractivity contribution < 1.29 is 28.9 Å². The lowest BCUT2D eigenvalue weighted by molar-refractivity contribution is -0.870. The molecule has 0 aromatic rings. The van der Waals surface area contributed by atoms with Crippen LogP contribution in [-0.2, 0) is 9.09 Å². The summed E-state index contributed by atoms with van der Waals surface area (Å²) in [6.45, 7) is 0.744. The number of aliphatic hydroxyl groups is 3. The summed E-state index contributed by atoms with van der Waals surface area (Å²) in [5.41, 5.74) is 0. The molecular formula is C8H22NO5P+2. The fourth-order valence-corrected chi connectivity index (χ4v) is 0.594. The molecule has 0 aliphatic carbocycles. The van der Waals surface area contributed by atoms with Gasteiger partial charge >= 0.3 is 8.69 Å². The smallest absolute Gasteiger partial charge is 0.394 e. The average molecular weight is 243 g/mol. The summed E-state index contributed by atoms with van der Waals surface area (Å²) in [6.07, 6.45) is -0.954. The van der Waals surface area contributed by atoms with E-state index in [0.717, 1.165) is 11.0 Å². The van der Waals surface area contributed by atoms with E-state index < -0.39 is 14.8 Å². The second-order valence-electron chi connectivity index (χ2n) is 3.96. The van der Waals surface area contributed by atoms with Crippen molar-refractivity contribution in [2.24, 2.45) is 0 Å². The summed E-state index contributed by atoms with van der Waals surface area (Å²) in [6, 6.07) is 0. The first-order chi connectivity index (χ1) is 6.87. The first-order valence-corrected chi connectivity index (χ1v) is 5.38. The molecule has 0 spiro atoms. The molecule has 6 nitrogen and oxygen atoms in total. The molecule has 1 atom stereocenters. The van der Waals surface area contributed by atoms with Gasteiger partial charge in [-0.05, 0) is 4.57 Å². The SMILES string of the molecule is C[N+](C)(C)CCO[PH+]=O.OCC(O)CO. The summed E-state index contributed by atoms with van der Waals surface area (Å²) < 4.78 is 15.3. The summed E-state index contributed by atoms with van der Waals surface area (Å²) in [5.74, 6) is 0. The minimum absolute atomic E-state index is 0.365. The van der Waals surface area contributed by atoms with Gasteiger partial charge in [0.15, 0.2) is 6.61 Å². The van der Waals surface area contributed by atoms with Crippen LogP contribution in [-0.4, -0.2) is 73.4 Å². The molecule has 92 valence electrons. The van der Waals surface area contributed by atoms with Crippen molar-refractivity contribution in [1.82, 2.24) is 0 Å². The van der Waals surface area contributed by atoms with Crippen LogP contribution in [0.4, 0.5) is 0 Å². The van der Waals surface area contributed by atoms with Crippen molar-refractivity contribution in [1.29, 1.82) is 0 Å². The van der Waals surface area contributed by atoms with Crippen LogP contribution in [0.25, 0.3) is 0 Å². The fraction of sp³-hybridized carbons (Fsp3) is 1.00. The Bertz CT molecular complexity index is 146. The van der Waals surface area contributed by atoms with Gasteiger partial charge in [0.1, 0.15) is 12.6 Å². The van der Waals surface area contributed by atoms with Gasteiger partial charge in [0, 0.05) is 0 Å². The van der Waals surface area contributed by atoms with Crippen molar-refractivity contribution in [2.75, 3.05) is 47.5 Å². The van der Waals surface area contributed by atoms with Crippen molar-refractivity contribution in [3.63, 3.8) is 0 Å². The normalized spacial score (nSPS) is 11.4. The van der Waals surface area contributed by atoms with E-state index in [1.165, 1.54) is 0 Å². The highest BCUT2D eigenvalue weighted by molar-refractivity contribution is 7.17. The molecular weight excluding hydrogens is 221 g/mol. The lowest BCUT2D eigenvalue weighted by atomic mass is 10.4. The Morgan fingerprint density at radius 1 is 1.27 bits per heavy atom. The van der Waals surface area contributed by atoms with Crippen LogP contribution in [0.3, 0.4) is 0 Å². The predicted octanol–water partition coefficient (Wildman–Crippen LogP) is -1.02. The number of nitrogens with zero attached hydrogens (tertiary/aromatic N) is 1. The van der Waals surface area contributed by atoms with Gasteiger partial charge in [-0.3, -0.25) is 0 Å². The van der Waals surface area contributed by atoms with E-state index in [1.54, 1.807) is 0 Å². The van der Waals surface area contributed by atoms with Gasteiger partial charge in [0.05, 0.1) is 34.4 Å². The third-order valence-electron chi connectivity index (χ3n) is 1.34. The van der Waals surface area contributed by atoms with Crippen LogP contribution in [0.5, 0.6) is 0 Å². The zero-order chi connectivity index (χ0) is 12.3. The van der Waals surface area contributed by atoms with Gasteiger partial charge < -0.3 is 19.8 Å². The Labute approximate surface area is 92.0 Å². The predicted molar refractivity (Wildman–Crippen MR) is 58.0 cm³/mol. The molecule has 3 N–H and O–H groups in total. The van der Waals surface area contributed by atoms with E-state index in [1.807, 2.05) is 0 Å². The maximum absolute atomic E-state index is 9.81. The molecule has 0 bridgehead atoms. The second-order valence-corrected chi connectivity index (χ2v) is 4.42. The molecule has 1 unspecified atom stereocenters. The lowest BCUT2D eigenvalue weighted by Gasteiger charge is -2.21. The molecule has 0 saturated carbocycles. The highest BCUT2D eigenvalue weighted by Gasteiger charge is 2.06. The molecule has 15 heavy (non-hydrogen) atoms. The zero-order valence-corrected chi connectivity index (χ0v) is 10.5. The Morgan fingerprint density at radius 3 is 1.93 bits per heavy atom. The Hall–Kier alpha value is -0.100. The first-order valence-electron chi connectivity index (χ1n) is 4.56. The minimum atomic E-state index is -0.954. The third-order valence-corrected chi connectivity index (χ3v) is 1.67. The van der Waals surface area contributed by atoms with E-state index in [9.17, 15) is 4.57 Å². The highest BCUT2D eigenvalue weighted by Crippen LogP contribution is 1.96. The zero-order valence-electron chi connectivity index (χ0n) is 9.51. The van der Waals surface area contributed by atoms with Crippen LogP contribution in [0, 0.1) is 0 Å². The maximum Gasteiger partial charge on any atom is 0.494 e. The van der Waals surface area contributed by atoms with Crippen LogP contribution < -0.4 is 0 Å². The molecule has 0 aromatic heterocycles. The Kier molecular flexibility index (Phi) is 12.0. The van der Waals surface area contributed by atoms with E-state index in [2.05, 4.69) is 25.7 Å². The van der Waals surface area contributed by atoms with Crippen LogP contribution in [0.1, 0.15) is 0 Å². The molecule has 7 heteroatoms. The second kappa shape index (κ2) is 10.4. The fourth-order valence-electron chi connectivity index (χ4n) is 0.419. The molecule has 0 aliphatic heterocycles. The Morgan fingerprint density at radius 2 is 1.73 bits per heavy atom. The van der Waals surface area contributed by atoms with Gasteiger partial charge in [-0.2, -0.15) is 0 Å². The van der Waals surface area contributed by atoms with Crippen molar-refractivity contribution >= 4 is 8.69 Å². The monoisotopic (exact) mass is 243 g/mol. The molecule has 0 aliphatic rings. The minimum Gasteiger partial charge on any atom is -0.394 e. The van der Waals surface area contributed by atoms with Gasteiger partial charge in [-0.15, -0.1) is 4.52 Å². The van der Waals surface area contributed by atoms with E-state index in [-0.39, 0.29) is 13.2 Å². The van der Waals surface area contributed by atoms with Crippen LogP contribution in [0.15, 0.2) is 0 Å². The summed E-state index contributed by atoms with van der Waals surface area (Å²) in [4.78, 5) is 0. The molecule has 0 aromatic carbocycles. The van der Waals surface area contributed by atoms with Gasteiger partial charge in [-0.1, -0.05) is 0 Å². The number of quaternary nitrogens is 1. The molecule has 0 radical (unpaired) electrons. The molecule has 0 amide bonds. The van der Waals surface area contributed by atoms with Crippen molar-refractivity contribution in [3.05, 3.63) is 0 Å². The average Bonchev–Trinajstić information content (AvgIpc) is 2.16. The van der Waals surface area contributed by atoms with Gasteiger partial charge in [0.25, 0.3) is 0 Å². The van der Waals surface area contributed by atoms with E-state index in [4.69, 9.17) is 15.3 Å². The number of hydrogen-bond donors (Lipinski definition) is 3. The summed E-state index contributed by atoms with van der Waals surface area (Å²) in [5, 5.41) is 24.0. The number of hydrogen-bond acceptors (Lipinski definition) is 5. The quantitative estimate of drug-likeness (QED) is 0.316. The first kappa shape index (κ1) is 17.3. The van der Waals surface area contributed by atoms with E-state index >= 15 is 0 Å². The summed E-state index contributed by atoms with van der Waals surface area (Å²) >= 11 is 0. The summed E-state index contributed by atoms with van der Waals surface area (Å²) in [7, 11) is 5.58. The largest absolute Gasteiger partial charge is 0.494 e. The van der Waals surface area contributed by atoms with Crippen LogP contribution >= 0.6 is 8.69 Å². The number of likely N-dealkylation sites (N-methyl/N-ethyl adjacent to an activating group) is 1. The molecule has 0 rings (SSSR count). The van der Waals surface area contributed by atoms with Crippen molar-refractivity contribution in [3.8, 4) is 0 Å². The van der Waals surface area contributed by atoms with Crippen LogP contribution in [0.2, 0.25) is 0 Å². The van der Waals surface area contributed by atoms with Gasteiger partial charge in [-0.25, -0.2) is 0 Å². The molecule has 0 saturated heterocycles. The highest BCUT2D eigenvalue weighted by atomic mass is 31.1. The number of rotatable bonds is 6. The van der Waals surface area contributed by atoms with Crippen molar-refractivity contribution in [2.45, 2.75) is 6.10 Å². The topological polar surface area (TPSA) is 87.0 Å². The standard InChI is InChI=1S/C5H14NO2P.C3H8O3/c1-6(2,3)4-5-8-9-7;4-1-3(6)2-5/h9H,4-5H2,1-3H3;3-6H,1-2H2/q+2;. The maximum atomic E-state index is 9.81. The molecule has 0 fully saturated rings. The van der Waals surface area contributed by atoms with Gasteiger partial charge in [0.2, 0.25) is 0 Å². The number of aliphatic hydroxyl groups excluding tert-OH is 3. The lowest BCUT2D eigenvalue weighted by Crippen LogP contribution is -2.37.